The quantitative estimate of drug-likeness (QED) is 0.502. The van der Waals surface area contributed by atoms with Crippen molar-refractivity contribution < 1.29 is 0 Å². The zero-order valence-corrected chi connectivity index (χ0v) is 15.8. The third kappa shape index (κ3) is 3.44. The third-order valence-electron chi connectivity index (χ3n) is 3.59. The summed E-state index contributed by atoms with van der Waals surface area (Å²) in [5, 5.41) is 14.0. The molecule has 0 bridgehead atoms. The van der Waals surface area contributed by atoms with Crippen LogP contribution in [0, 0.1) is 0 Å². The Morgan fingerprint density at radius 2 is 1.96 bits per heavy atom. The van der Waals surface area contributed by atoms with Gasteiger partial charge in [-0.3, -0.25) is 0 Å². The van der Waals surface area contributed by atoms with Crippen LogP contribution in [0.5, 0.6) is 0 Å². The number of nitrogen functional groups attached to an aromatic ring is 1. The molecule has 26 heavy (non-hydrogen) atoms. The maximum atomic E-state index is 6.24. The van der Waals surface area contributed by atoms with Crippen LogP contribution >= 0.6 is 34.7 Å². The molecule has 0 fully saturated rings. The fraction of sp³-hybridized carbons (Fsp3) is 0.0588. The lowest BCUT2D eigenvalue weighted by atomic mass is 10.2. The van der Waals surface area contributed by atoms with Gasteiger partial charge in [-0.15, -0.1) is 10.2 Å². The van der Waals surface area contributed by atoms with E-state index in [-0.39, 0.29) is 0 Å². The Hall–Kier alpha value is -2.42. The van der Waals surface area contributed by atoms with E-state index in [1.54, 1.807) is 36.3 Å². The molecular weight excluding hydrogens is 388 g/mol. The Morgan fingerprint density at radius 3 is 2.77 bits per heavy atom. The van der Waals surface area contributed by atoms with Gasteiger partial charge in [-0.25, -0.2) is 4.98 Å². The van der Waals surface area contributed by atoms with Crippen LogP contribution in [0.3, 0.4) is 0 Å². The minimum absolute atomic E-state index is 0.432. The molecule has 0 radical (unpaired) electrons. The molecule has 0 spiro atoms. The van der Waals surface area contributed by atoms with Crippen LogP contribution in [0.25, 0.3) is 16.4 Å². The average Bonchev–Trinajstić information content (AvgIpc) is 3.28. The van der Waals surface area contributed by atoms with Gasteiger partial charge in [-0.1, -0.05) is 65.0 Å². The second-order valence-corrected chi connectivity index (χ2v) is 7.92. The average molecular weight is 401 g/mol. The topological polar surface area (TPSA) is 82.5 Å². The molecule has 0 saturated heterocycles. The summed E-state index contributed by atoms with van der Waals surface area (Å²) in [5.41, 5.74) is 8.20. The molecule has 0 unspecified atom stereocenters. The standard InChI is InChI=1S/C17H13ClN6S2/c18-13-7-4-8-20-15(13)24-14(19)12(9-21-24)16-22-23-17(26-16)25-10-11-5-2-1-3-6-11/h1-9H,10,19H2. The van der Waals surface area contributed by atoms with Crippen molar-refractivity contribution in [3.63, 3.8) is 0 Å². The number of nitrogens with zero attached hydrogens (tertiary/aromatic N) is 5. The van der Waals surface area contributed by atoms with Crippen molar-refractivity contribution in [2.24, 2.45) is 0 Å². The van der Waals surface area contributed by atoms with Crippen LogP contribution in [0.15, 0.2) is 59.2 Å². The van der Waals surface area contributed by atoms with Crippen LogP contribution in [0.1, 0.15) is 5.56 Å². The summed E-state index contributed by atoms with van der Waals surface area (Å²) < 4.78 is 2.39. The van der Waals surface area contributed by atoms with Crippen molar-refractivity contribution in [3.8, 4) is 16.4 Å². The van der Waals surface area contributed by atoms with E-state index in [9.17, 15) is 0 Å². The Balaban J connectivity index is 1.56. The number of hydrogen-bond donors (Lipinski definition) is 1. The first-order chi connectivity index (χ1) is 12.7. The maximum Gasteiger partial charge on any atom is 0.174 e. The summed E-state index contributed by atoms with van der Waals surface area (Å²) in [6.07, 6.45) is 3.30. The van der Waals surface area contributed by atoms with Gasteiger partial charge in [0.05, 0.1) is 16.8 Å². The van der Waals surface area contributed by atoms with Gasteiger partial charge in [0, 0.05) is 11.9 Å². The Bertz CT molecular complexity index is 1030. The number of pyridine rings is 1. The smallest absolute Gasteiger partial charge is 0.174 e. The van der Waals surface area contributed by atoms with Crippen molar-refractivity contribution in [1.82, 2.24) is 25.0 Å². The number of halogens is 1. The minimum atomic E-state index is 0.432. The highest BCUT2D eigenvalue weighted by Crippen LogP contribution is 2.34. The van der Waals surface area contributed by atoms with E-state index >= 15 is 0 Å². The molecule has 4 aromatic rings. The molecule has 6 nitrogen and oxygen atoms in total. The monoisotopic (exact) mass is 400 g/mol. The van der Waals surface area contributed by atoms with Crippen molar-refractivity contribution in [2.45, 2.75) is 10.1 Å². The largest absolute Gasteiger partial charge is 0.383 e. The second-order valence-electron chi connectivity index (χ2n) is 5.31. The molecule has 3 aromatic heterocycles. The summed E-state index contributed by atoms with van der Waals surface area (Å²) in [6, 6.07) is 13.7. The Morgan fingerprint density at radius 1 is 1.12 bits per heavy atom. The summed E-state index contributed by atoms with van der Waals surface area (Å²) in [7, 11) is 0. The zero-order chi connectivity index (χ0) is 17.9. The molecule has 0 amide bonds. The lowest BCUT2D eigenvalue weighted by Crippen LogP contribution is -2.04. The van der Waals surface area contributed by atoms with Crippen molar-refractivity contribution in [2.75, 3.05) is 5.73 Å². The molecule has 0 atom stereocenters. The van der Waals surface area contributed by atoms with Gasteiger partial charge < -0.3 is 5.73 Å². The van der Waals surface area contributed by atoms with Gasteiger partial charge in [0.15, 0.2) is 15.2 Å². The van der Waals surface area contributed by atoms with E-state index in [1.165, 1.54) is 21.6 Å². The molecule has 0 aliphatic rings. The maximum absolute atomic E-state index is 6.24. The Kier molecular flexibility index (Phi) is 4.87. The van der Waals surface area contributed by atoms with Crippen molar-refractivity contribution in [3.05, 3.63) is 65.4 Å². The van der Waals surface area contributed by atoms with Crippen LogP contribution in [-0.4, -0.2) is 25.0 Å². The number of rotatable bonds is 5. The van der Waals surface area contributed by atoms with E-state index in [1.807, 2.05) is 18.2 Å². The van der Waals surface area contributed by atoms with Crippen LogP contribution in [0.2, 0.25) is 5.02 Å². The predicted molar refractivity (Wildman–Crippen MR) is 106 cm³/mol. The minimum Gasteiger partial charge on any atom is -0.383 e. The summed E-state index contributed by atoms with van der Waals surface area (Å²) in [5.74, 6) is 1.76. The van der Waals surface area contributed by atoms with Gasteiger partial charge in [-0.2, -0.15) is 9.78 Å². The zero-order valence-electron chi connectivity index (χ0n) is 13.4. The summed E-state index contributed by atoms with van der Waals surface area (Å²) in [4.78, 5) is 4.24. The molecule has 130 valence electrons. The molecule has 0 saturated carbocycles. The molecule has 0 aliphatic carbocycles. The van der Waals surface area contributed by atoms with E-state index in [0.29, 0.717) is 16.7 Å². The van der Waals surface area contributed by atoms with Gasteiger partial charge >= 0.3 is 0 Å². The number of hydrogen-bond acceptors (Lipinski definition) is 7. The highest BCUT2D eigenvalue weighted by molar-refractivity contribution is 8.00. The molecule has 1 aromatic carbocycles. The van der Waals surface area contributed by atoms with E-state index in [4.69, 9.17) is 17.3 Å². The van der Waals surface area contributed by atoms with Gasteiger partial charge in [0.2, 0.25) is 0 Å². The summed E-state index contributed by atoms with van der Waals surface area (Å²) >= 11 is 9.31. The SMILES string of the molecule is Nc1c(-c2nnc(SCc3ccccc3)s2)cnn1-c1ncccc1Cl. The van der Waals surface area contributed by atoms with E-state index in [2.05, 4.69) is 32.4 Å². The highest BCUT2D eigenvalue weighted by Gasteiger charge is 2.17. The van der Waals surface area contributed by atoms with Gasteiger partial charge in [0.25, 0.3) is 0 Å². The highest BCUT2D eigenvalue weighted by atomic mass is 35.5. The molecule has 4 rings (SSSR count). The first-order valence-electron chi connectivity index (χ1n) is 7.67. The number of nitrogens with two attached hydrogens (primary N) is 1. The van der Waals surface area contributed by atoms with Crippen LogP contribution < -0.4 is 5.73 Å². The lowest BCUT2D eigenvalue weighted by Gasteiger charge is -2.04. The lowest BCUT2D eigenvalue weighted by molar-refractivity contribution is 0.857. The van der Waals surface area contributed by atoms with E-state index in [0.717, 1.165) is 20.7 Å². The molecule has 0 aliphatic heterocycles. The van der Waals surface area contributed by atoms with Crippen molar-refractivity contribution in [1.29, 1.82) is 0 Å². The normalized spacial score (nSPS) is 11.0. The Labute approximate surface area is 163 Å². The predicted octanol–water partition coefficient (Wildman–Crippen LogP) is 4.31. The fourth-order valence-electron chi connectivity index (χ4n) is 2.32. The molecule has 3 heterocycles. The van der Waals surface area contributed by atoms with Crippen molar-refractivity contribution >= 4 is 40.5 Å². The van der Waals surface area contributed by atoms with Gasteiger partial charge in [-0.05, 0) is 17.7 Å². The second kappa shape index (κ2) is 7.45. The molecular formula is C17H13ClN6S2. The first-order valence-corrected chi connectivity index (χ1v) is 9.85. The van der Waals surface area contributed by atoms with Crippen LogP contribution in [0.4, 0.5) is 5.82 Å². The number of benzene rings is 1. The van der Waals surface area contributed by atoms with Gasteiger partial charge in [0.1, 0.15) is 5.82 Å². The van der Waals surface area contributed by atoms with Crippen LogP contribution in [-0.2, 0) is 5.75 Å². The fourth-order valence-corrected chi connectivity index (χ4v) is 4.35. The number of aromatic nitrogens is 5. The summed E-state index contributed by atoms with van der Waals surface area (Å²) in [6.45, 7) is 0. The van der Waals surface area contributed by atoms with E-state index < -0.39 is 0 Å². The third-order valence-corrected chi connectivity index (χ3v) is 6.04. The first kappa shape index (κ1) is 17.0. The molecule has 2 N–H and O–H groups in total. The molecule has 9 heteroatoms. The number of thioether (sulfide) groups is 1. The number of anilines is 1.